The Hall–Kier alpha value is -0.340. The largest absolute Gasteiger partial charge is 0.376 e. The minimum atomic E-state index is 0.346. The Morgan fingerprint density at radius 1 is 1.15 bits per heavy atom. The van der Waals surface area contributed by atoms with Gasteiger partial charge in [0.2, 0.25) is 0 Å². The average molecular weight is 182 g/mol. The van der Waals surface area contributed by atoms with Crippen molar-refractivity contribution in [1.82, 2.24) is 0 Å². The van der Waals surface area contributed by atoms with Gasteiger partial charge in [0.05, 0.1) is 18.3 Å². The minimum Gasteiger partial charge on any atom is -0.376 e. The SMILES string of the molecule is C/C=C/[C@H]1CC[C@@H]([C@H]2CCCO2)O1. The van der Waals surface area contributed by atoms with Gasteiger partial charge in [-0.3, -0.25) is 0 Å². The molecule has 2 heteroatoms. The van der Waals surface area contributed by atoms with E-state index in [-0.39, 0.29) is 0 Å². The van der Waals surface area contributed by atoms with Gasteiger partial charge in [0.25, 0.3) is 0 Å². The van der Waals surface area contributed by atoms with E-state index in [0.29, 0.717) is 18.3 Å². The molecule has 0 aromatic carbocycles. The lowest BCUT2D eigenvalue weighted by molar-refractivity contribution is -0.0332. The van der Waals surface area contributed by atoms with Crippen LogP contribution in [0.5, 0.6) is 0 Å². The summed E-state index contributed by atoms with van der Waals surface area (Å²) in [5, 5.41) is 0. The van der Waals surface area contributed by atoms with Crippen LogP contribution in [0.3, 0.4) is 0 Å². The number of hydrogen-bond donors (Lipinski definition) is 0. The Bertz CT molecular complexity index is 183. The summed E-state index contributed by atoms with van der Waals surface area (Å²) in [5.41, 5.74) is 0. The van der Waals surface area contributed by atoms with E-state index < -0.39 is 0 Å². The van der Waals surface area contributed by atoms with Crippen molar-refractivity contribution in [3.8, 4) is 0 Å². The highest BCUT2D eigenvalue weighted by Gasteiger charge is 2.32. The lowest BCUT2D eigenvalue weighted by Crippen LogP contribution is -2.25. The third-order valence-electron chi connectivity index (χ3n) is 2.87. The fraction of sp³-hybridized carbons (Fsp3) is 0.818. The first-order valence-electron chi connectivity index (χ1n) is 5.30. The molecule has 13 heavy (non-hydrogen) atoms. The first-order valence-corrected chi connectivity index (χ1v) is 5.30. The second kappa shape index (κ2) is 4.25. The zero-order valence-electron chi connectivity index (χ0n) is 8.24. The smallest absolute Gasteiger partial charge is 0.0845 e. The quantitative estimate of drug-likeness (QED) is 0.610. The fourth-order valence-corrected chi connectivity index (χ4v) is 2.21. The maximum Gasteiger partial charge on any atom is 0.0845 e. The van der Waals surface area contributed by atoms with E-state index in [9.17, 15) is 0 Å². The summed E-state index contributed by atoms with van der Waals surface area (Å²) in [6.07, 6.45) is 10.0. The summed E-state index contributed by atoms with van der Waals surface area (Å²) in [5.74, 6) is 0. The molecule has 3 atom stereocenters. The Morgan fingerprint density at radius 2 is 2.08 bits per heavy atom. The molecule has 2 fully saturated rings. The molecule has 0 unspecified atom stereocenters. The van der Waals surface area contributed by atoms with Gasteiger partial charge in [-0.15, -0.1) is 0 Å². The number of rotatable bonds is 2. The minimum absolute atomic E-state index is 0.346. The van der Waals surface area contributed by atoms with Gasteiger partial charge in [0.15, 0.2) is 0 Å². The first-order chi connectivity index (χ1) is 6.40. The van der Waals surface area contributed by atoms with Crippen LogP contribution in [-0.2, 0) is 9.47 Å². The van der Waals surface area contributed by atoms with Crippen LogP contribution >= 0.6 is 0 Å². The first kappa shape index (κ1) is 9.22. The molecule has 2 saturated heterocycles. The van der Waals surface area contributed by atoms with Gasteiger partial charge in [-0.1, -0.05) is 12.2 Å². The Kier molecular flexibility index (Phi) is 3.01. The van der Waals surface area contributed by atoms with E-state index in [2.05, 4.69) is 12.2 Å². The summed E-state index contributed by atoms with van der Waals surface area (Å²) >= 11 is 0. The maximum absolute atomic E-state index is 5.87. The van der Waals surface area contributed by atoms with Gasteiger partial charge in [0.1, 0.15) is 0 Å². The zero-order chi connectivity index (χ0) is 9.10. The molecule has 2 rings (SSSR count). The predicted octanol–water partition coefficient (Wildman–Crippen LogP) is 2.29. The molecule has 2 aliphatic rings. The Morgan fingerprint density at radius 3 is 2.77 bits per heavy atom. The Balaban J connectivity index is 1.83. The maximum atomic E-state index is 5.87. The van der Waals surface area contributed by atoms with Crippen LogP contribution in [-0.4, -0.2) is 24.9 Å². The van der Waals surface area contributed by atoms with Crippen LogP contribution in [0.25, 0.3) is 0 Å². The number of allylic oxidation sites excluding steroid dienone is 1. The van der Waals surface area contributed by atoms with Gasteiger partial charge in [0, 0.05) is 6.61 Å². The normalized spacial score (nSPS) is 40.5. The van der Waals surface area contributed by atoms with E-state index in [1.807, 2.05) is 6.92 Å². The number of ether oxygens (including phenoxy) is 2. The van der Waals surface area contributed by atoms with Crippen LogP contribution in [0.1, 0.15) is 32.6 Å². The molecule has 74 valence electrons. The Labute approximate surface area is 79.9 Å². The molecule has 0 amide bonds. The molecule has 0 aromatic heterocycles. The van der Waals surface area contributed by atoms with E-state index in [0.717, 1.165) is 13.0 Å². The molecule has 0 aliphatic carbocycles. The second-order valence-corrected chi connectivity index (χ2v) is 3.87. The van der Waals surface area contributed by atoms with Gasteiger partial charge < -0.3 is 9.47 Å². The van der Waals surface area contributed by atoms with Crippen LogP contribution < -0.4 is 0 Å². The van der Waals surface area contributed by atoms with Gasteiger partial charge in [-0.05, 0) is 32.6 Å². The monoisotopic (exact) mass is 182 g/mol. The van der Waals surface area contributed by atoms with Crippen LogP contribution in [0.4, 0.5) is 0 Å². The molecule has 0 N–H and O–H groups in total. The third kappa shape index (κ3) is 2.12. The molecule has 0 aromatic rings. The average Bonchev–Trinajstić information content (AvgIpc) is 2.70. The standard InChI is InChI=1S/C11H18O2/c1-2-4-9-6-7-11(13-9)10-5-3-8-12-10/h2,4,9-11H,3,5-8H2,1H3/b4-2+/t9-,10+,11-/m0/s1. The van der Waals surface area contributed by atoms with E-state index in [4.69, 9.17) is 9.47 Å². The van der Waals surface area contributed by atoms with Crippen LogP contribution in [0.2, 0.25) is 0 Å². The van der Waals surface area contributed by atoms with Gasteiger partial charge >= 0.3 is 0 Å². The highest BCUT2D eigenvalue weighted by atomic mass is 16.6. The highest BCUT2D eigenvalue weighted by Crippen LogP contribution is 2.28. The van der Waals surface area contributed by atoms with Crippen molar-refractivity contribution in [3.63, 3.8) is 0 Å². The van der Waals surface area contributed by atoms with Crippen molar-refractivity contribution in [2.75, 3.05) is 6.61 Å². The van der Waals surface area contributed by atoms with E-state index in [1.54, 1.807) is 0 Å². The van der Waals surface area contributed by atoms with E-state index in [1.165, 1.54) is 19.3 Å². The summed E-state index contributed by atoms with van der Waals surface area (Å²) in [7, 11) is 0. The molecular weight excluding hydrogens is 164 g/mol. The highest BCUT2D eigenvalue weighted by molar-refractivity contribution is 4.93. The lowest BCUT2D eigenvalue weighted by atomic mass is 10.1. The second-order valence-electron chi connectivity index (χ2n) is 3.87. The summed E-state index contributed by atoms with van der Waals surface area (Å²) in [6, 6.07) is 0. The predicted molar refractivity (Wildman–Crippen MR) is 51.7 cm³/mol. The van der Waals surface area contributed by atoms with Crippen molar-refractivity contribution in [1.29, 1.82) is 0 Å². The molecule has 0 bridgehead atoms. The van der Waals surface area contributed by atoms with Crippen LogP contribution in [0, 0.1) is 0 Å². The molecule has 0 radical (unpaired) electrons. The molecule has 2 heterocycles. The zero-order valence-corrected chi connectivity index (χ0v) is 8.24. The van der Waals surface area contributed by atoms with Crippen LogP contribution in [0.15, 0.2) is 12.2 Å². The molecular formula is C11H18O2. The summed E-state index contributed by atoms with van der Waals surface area (Å²) < 4.78 is 11.5. The van der Waals surface area contributed by atoms with Crippen molar-refractivity contribution < 1.29 is 9.47 Å². The summed E-state index contributed by atoms with van der Waals surface area (Å²) in [4.78, 5) is 0. The number of hydrogen-bond acceptors (Lipinski definition) is 2. The van der Waals surface area contributed by atoms with Crippen molar-refractivity contribution >= 4 is 0 Å². The lowest BCUT2D eigenvalue weighted by Gasteiger charge is -2.17. The molecule has 0 saturated carbocycles. The third-order valence-corrected chi connectivity index (χ3v) is 2.87. The van der Waals surface area contributed by atoms with Gasteiger partial charge in [-0.2, -0.15) is 0 Å². The fourth-order valence-electron chi connectivity index (χ4n) is 2.21. The van der Waals surface area contributed by atoms with Crippen molar-refractivity contribution in [3.05, 3.63) is 12.2 Å². The van der Waals surface area contributed by atoms with Crippen molar-refractivity contribution in [2.24, 2.45) is 0 Å². The summed E-state index contributed by atoms with van der Waals surface area (Å²) in [6.45, 7) is 2.97. The van der Waals surface area contributed by atoms with Gasteiger partial charge in [-0.25, -0.2) is 0 Å². The molecule has 2 nitrogen and oxygen atoms in total. The molecule has 0 spiro atoms. The van der Waals surface area contributed by atoms with E-state index >= 15 is 0 Å². The topological polar surface area (TPSA) is 18.5 Å². The van der Waals surface area contributed by atoms with Crippen molar-refractivity contribution in [2.45, 2.75) is 50.9 Å². The molecule has 2 aliphatic heterocycles.